The summed E-state index contributed by atoms with van der Waals surface area (Å²) in [4.78, 5) is 0.0694. The van der Waals surface area contributed by atoms with Crippen molar-refractivity contribution >= 4 is 10.0 Å². The van der Waals surface area contributed by atoms with Crippen LogP contribution in [0.3, 0.4) is 0 Å². The monoisotopic (exact) mass is 407 g/mol. The van der Waals surface area contributed by atoms with Gasteiger partial charge in [0.05, 0.1) is 20.8 Å². The standard InChI is InChI=1S/C20H25NO6S/c1-4-11-21(13-16-14-26-17-7-5-6-8-18(17)27-16)28(22,23)20-12-15(24-2)9-10-19(20)25-3/h5-10,12,16H,4,11,13-14H2,1-3H3. The van der Waals surface area contributed by atoms with E-state index in [1.807, 2.05) is 31.2 Å². The number of ether oxygens (including phenoxy) is 4. The van der Waals surface area contributed by atoms with E-state index in [0.29, 0.717) is 30.2 Å². The smallest absolute Gasteiger partial charge is 0.247 e. The van der Waals surface area contributed by atoms with Crippen molar-refractivity contribution in [2.24, 2.45) is 0 Å². The van der Waals surface area contributed by atoms with Crippen molar-refractivity contribution in [2.45, 2.75) is 24.3 Å². The molecule has 0 N–H and O–H groups in total. The highest BCUT2D eigenvalue weighted by Crippen LogP contribution is 2.33. The van der Waals surface area contributed by atoms with Gasteiger partial charge in [-0.1, -0.05) is 19.1 Å². The molecule has 8 heteroatoms. The lowest BCUT2D eigenvalue weighted by molar-refractivity contribution is 0.0763. The van der Waals surface area contributed by atoms with E-state index in [9.17, 15) is 8.42 Å². The summed E-state index contributed by atoms with van der Waals surface area (Å²) in [6.45, 7) is 2.73. The molecule has 3 rings (SSSR count). The first-order valence-corrected chi connectivity index (χ1v) is 10.5. The Hall–Kier alpha value is -2.45. The maximum atomic E-state index is 13.4. The Kier molecular flexibility index (Phi) is 6.31. The van der Waals surface area contributed by atoms with E-state index in [-0.39, 0.29) is 23.8 Å². The van der Waals surface area contributed by atoms with Crippen LogP contribution in [0.1, 0.15) is 13.3 Å². The van der Waals surface area contributed by atoms with Crippen LogP contribution in [-0.2, 0) is 10.0 Å². The molecule has 0 aliphatic carbocycles. The van der Waals surface area contributed by atoms with Gasteiger partial charge in [0.2, 0.25) is 10.0 Å². The van der Waals surface area contributed by atoms with Crippen LogP contribution in [0, 0.1) is 0 Å². The number of rotatable bonds is 8. The van der Waals surface area contributed by atoms with Gasteiger partial charge in [0, 0.05) is 12.6 Å². The number of hydrogen-bond donors (Lipinski definition) is 0. The second-order valence-electron chi connectivity index (χ2n) is 6.38. The summed E-state index contributed by atoms with van der Waals surface area (Å²) in [7, 11) is -0.885. The molecule has 0 aromatic heterocycles. The molecule has 0 saturated carbocycles. The largest absolute Gasteiger partial charge is 0.497 e. The van der Waals surface area contributed by atoms with Crippen molar-refractivity contribution in [1.29, 1.82) is 0 Å². The van der Waals surface area contributed by atoms with Crippen molar-refractivity contribution in [2.75, 3.05) is 33.9 Å². The third kappa shape index (κ3) is 4.18. The zero-order valence-electron chi connectivity index (χ0n) is 16.3. The molecule has 1 aliphatic heterocycles. The molecule has 0 saturated heterocycles. The van der Waals surface area contributed by atoms with E-state index in [1.165, 1.54) is 24.6 Å². The van der Waals surface area contributed by atoms with Crippen LogP contribution in [0.4, 0.5) is 0 Å². The van der Waals surface area contributed by atoms with Crippen molar-refractivity contribution in [1.82, 2.24) is 4.31 Å². The van der Waals surface area contributed by atoms with Gasteiger partial charge in [0.1, 0.15) is 29.1 Å². The lowest BCUT2D eigenvalue weighted by atomic mass is 10.2. The fourth-order valence-electron chi connectivity index (χ4n) is 3.06. The first-order chi connectivity index (χ1) is 13.5. The van der Waals surface area contributed by atoms with Gasteiger partial charge in [-0.2, -0.15) is 4.31 Å². The summed E-state index contributed by atoms with van der Waals surface area (Å²) in [5, 5.41) is 0. The summed E-state index contributed by atoms with van der Waals surface area (Å²) in [5.74, 6) is 2.00. The Morgan fingerprint density at radius 1 is 1.11 bits per heavy atom. The van der Waals surface area contributed by atoms with Crippen LogP contribution < -0.4 is 18.9 Å². The van der Waals surface area contributed by atoms with Crippen LogP contribution in [0.25, 0.3) is 0 Å². The third-order valence-corrected chi connectivity index (χ3v) is 6.32. The van der Waals surface area contributed by atoms with E-state index in [0.717, 1.165) is 0 Å². The summed E-state index contributed by atoms with van der Waals surface area (Å²) < 4.78 is 50.3. The highest BCUT2D eigenvalue weighted by Gasteiger charge is 2.32. The molecule has 0 fully saturated rings. The minimum atomic E-state index is -3.82. The van der Waals surface area contributed by atoms with Crippen molar-refractivity contribution in [3.05, 3.63) is 42.5 Å². The molecular weight excluding hydrogens is 382 g/mol. The summed E-state index contributed by atoms with van der Waals surface area (Å²) in [6.07, 6.45) is 0.253. The first-order valence-electron chi connectivity index (χ1n) is 9.10. The normalized spacial score (nSPS) is 16.1. The van der Waals surface area contributed by atoms with Gasteiger partial charge in [0.25, 0.3) is 0 Å². The second kappa shape index (κ2) is 8.70. The Morgan fingerprint density at radius 2 is 1.86 bits per heavy atom. The van der Waals surface area contributed by atoms with Gasteiger partial charge >= 0.3 is 0 Å². The summed E-state index contributed by atoms with van der Waals surface area (Å²) in [5.41, 5.74) is 0. The number of fused-ring (bicyclic) bond motifs is 1. The van der Waals surface area contributed by atoms with Crippen molar-refractivity contribution in [3.63, 3.8) is 0 Å². The molecule has 1 aliphatic rings. The SMILES string of the molecule is CCCN(CC1COc2ccccc2O1)S(=O)(=O)c1cc(OC)ccc1OC. The summed E-state index contributed by atoms with van der Waals surface area (Å²) >= 11 is 0. The number of para-hydroxylation sites is 2. The molecule has 2 aromatic carbocycles. The molecule has 0 spiro atoms. The molecule has 0 bridgehead atoms. The van der Waals surface area contributed by atoms with Gasteiger partial charge in [-0.3, -0.25) is 0 Å². The maximum absolute atomic E-state index is 13.4. The highest BCUT2D eigenvalue weighted by atomic mass is 32.2. The Balaban J connectivity index is 1.87. The van der Waals surface area contributed by atoms with E-state index in [2.05, 4.69) is 0 Å². The average molecular weight is 407 g/mol. The van der Waals surface area contributed by atoms with Gasteiger partial charge in [0.15, 0.2) is 11.5 Å². The molecule has 0 amide bonds. The van der Waals surface area contributed by atoms with Gasteiger partial charge in [-0.05, 0) is 30.7 Å². The molecular formula is C20H25NO6S. The van der Waals surface area contributed by atoms with Crippen LogP contribution in [0.2, 0.25) is 0 Å². The summed E-state index contributed by atoms with van der Waals surface area (Å²) in [6, 6.07) is 12.1. The predicted octanol–water partition coefficient (Wildman–Crippen LogP) is 2.94. The molecule has 1 heterocycles. The number of benzene rings is 2. The van der Waals surface area contributed by atoms with Gasteiger partial charge < -0.3 is 18.9 Å². The minimum absolute atomic E-state index is 0.0694. The molecule has 7 nitrogen and oxygen atoms in total. The third-order valence-electron chi connectivity index (χ3n) is 4.44. The molecule has 152 valence electrons. The van der Waals surface area contributed by atoms with E-state index in [4.69, 9.17) is 18.9 Å². The fraction of sp³-hybridized carbons (Fsp3) is 0.400. The van der Waals surface area contributed by atoms with Crippen LogP contribution in [0.5, 0.6) is 23.0 Å². The number of sulfonamides is 1. The van der Waals surface area contributed by atoms with Gasteiger partial charge in [-0.25, -0.2) is 8.42 Å². The lowest BCUT2D eigenvalue weighted by Gasteiger charge is -2.31. The zero-order valence-corrected chi connectivity index (χ0v) is 17.1. The van der Waals surface area contributed by atoms with Crippen LogP contribution in [0.15, 0.2) is 47.4 Å². The molecule has 0 radical (unpaired) electrons. The van der Waals surface area contributed by atoms with E-state index >= 15 is 0 Å². The van der Waals surface area contributed by atoms with Crippen molar-refractivity contribution in [3.8, 4) is 23.0 Å². The predicted molar refractivity (Wildman–Crippen MR) is 105 cm³/mol. The Morgan fingerprint density at radius 3 is 2.54 bits per heavy atom. The molecule has 28 heavy (non-hydrogen) atoms. The average Bonchev–Trinajstić information content (AvgIpc) is 2.72. The van der Waals surface area contributed by atoms with E-state index < -0.39 is 16.1 Å². The Bertz CT molecular complexity index is 915. The molecule has 1 atom stereocenters. The number of nitrogens with zero attached hydrogens (tertiary/aromatic N) is 1. The minimum Gasteiger partial charge on any atom is -0.497 e. The number of hydrogen-bond acceptors (Lipinski definition) is 6. The quantitative estimate of drug-likeness (QED) is 0.670. The zero-order chi connectivity index (χ0) is 20.1. The molecule has 2 aromatic rings. The lowest BCUT2D eigenvalue weighted by Crippen LogP contribution is -2.44. The van der Waals surface area contributed by atoms with Crippen molar-refractivity contribution < 1.29 is 27.4 Å². The highest BCUT2D eigenvalue weighted by molar-refractivity contribution is 7.89. The fourth-order valence-corrected chi connectivity index (χ4v) is 4.80. The molecule has 1 unspecified atom stereocenters. The topological polar surface area (TPSA) is 74.3 Å². The van der Waals surface area contributed by atoms with Gasteiger partial charge in [-0.15, -0.1) is 0 Å². The van der Waals surface area contributed by atoms with E-state index in [1.54, 1.807) is 12.1 Å². The maximum Gasteiger partial charge on any atom is 0.247 e. The van der Waals surface area contributed by atoms with Crippen LogP contribution >= 0.6 is 0 Å². The number of methoxy groups -OCH3 is 2. The first kappa shape index (κ1) is 20.3. The van der Waals surface area contributed by atoms with Crippen LogP contribution in [-0.4, -0.2) is 52.7 Å². The second-order valence-corrected chi connectivity index (χ2v) is 8.28. The Labute approximate surface area is 165 Å².